The van der Waals surface area contributed by atoms with E-state index >= 15 is 0 Å². The molecule has 0 radical (unpaired) electrons. The average molecular weight is 314 g/mol. The standard InChI is InChI=1S/C17H19FN4O/c18-12-3-4-15-14(9-12)16(20-10-19-15)22-7-5-13(6-8-22)21-17(23)11-1-2-11/h3-4,9-11,13H,1-2,5-8H2,(H,21,23). The Morgan fingerprint density at radius 2 is 1.96 bits per heavy atom. The Hall–Kier alpha value is -2.24. The van der Waals surface area contributed by atoms with Gasteiger partial charge in [-0.3, -0.25) is 4.79 Å². The van der Waals surface area contributed by atoms with Crippen LogP contribution in [0.4, 0.5) is 10.2 Å². The molecule has 1 saturated carbocycles. The predicted molar refractivity (Wildman–Crippen MR) is 85.6 cm³/mol. The number of hydrogen-bond acceptors (Lipinski definition) is 4. The van der Waals surface area contributed by atoms with Crippen LogP contribution in [0.1, 0.15) is 25.7 Å². The van der Waals surface area contributed by atoms with Crippen LogP contribution in [0.15, 0.2) is 24.5 Å². The molecule has 1 N–H and O–H groups in total. The zero-order chi connectivity index (χ0) is 15.8. The summed E-state index contributed by atoms with van der Waals surface area (Å²) in [6.07, 6.45) is 5.36. The first-order valence-electron chi connectivity index (χ1n) is 8.16. The lowest BCUT2D eigenvalue weighted by molar-refractivity contribution is -0.123. The van der Waals surface area contributed by atoms with E-state index in [2.05, 4.69) is 20.2 Å². The highest BCUT2D eigenvalue weighted by molar-refractivity contribution is 5.89. The van der Waals surface area contributed by atoms with Gasteiger partial charge >= 0.3 is 0 Å². The van der Waals surface area contributed by atoms with E-state index in [0.29, 0.717) is 0 Å². The van der Waals surface area contributed by atoms with Crippen LogP contribution in [0.3, 0.4) is 0 Å². The third kappa shape index (κ3) is 2.98. The summed E-state index contributed by atoms with van der Waals surface area (Å²) in [5.74, 6) is 0.960. The molecule has 0 spiro atoms. The SMILES string of the molecule is O=C(NC1CCN(c2ncnc3ccc(F)cc23)CC1)C1CC1. The van der Waals surface area contributed by atoms with Crippen LogP contribution >= 0.6 is 0 Å². The van der Waals surface area contributed by atoms with Gasteiger partial charge < -0.3 is 10.2 Å². The van der Waals surface area contributed by atoms with Crippen molar-refractivity contribution in [3.05, 3.63) is 30.3 Å². The molecule has 0 unspecified atom stereocenters. The third-order valence-electron chi connectivity index (χ3n) is 4.67. The summed E-state index contributed by atoms with van der Waals surface area (Å²) in [5.41, 5.74) is 0.751. The first kappa shape index (κ1) is 14.4. The largest absolute Gasteiger partial charge is 0.356 e. The number of carbonyl (C=O) groups excluding carboxylic acids is 1. The monoisotopic (exact) mass is 314 g/mol. The van der Waals surface area contributed by atoms with Crippen molar-refractivity contribution >= 4 is 22.6 Å². The summed E-state index contributed by atoms with van der Waals surface area (Å²) in [6.45, 7) is 1.61. The van der Waals surface area contributed by atoms with Crippen LogP contribution in [0.25, 0.3) is 10.9 Å². The van der Waals surface area contributed by atoms with Crippen molar-refractivity contribution < 1.29 is 9.18 Å². The van der Waals surface area contributed by atoms with Crippen LogP contribution in [0.2, 0.25) is 0 Å². The number of piperidine rings is 1. The highest BCUT2D eigenvalue weighted by atomic mass is 19.1. The van der Waals surface area contributed by atoms with Crippen LogP contribution in [0, 0.1) is 11.7 Å². The molecular formula is C17H19FN4O. The van der Waals surface area contributed by atoms with Crippen molar-refractivity contribution in [1.82, 2.24) is 15.3 Å². The fourth-order valence-corrected chi connectivity index (χ4v) is 3.17. The lowest BCUT2D eigenvalue weighted by Crippen LogP contribution is -2.45. The van der Waals surface area contributed by atoms with E-state index < -0.39 is 0 Å². The molecule has 1 saturated heterocycles. The molecule has 1 aliphatic heterocycles. The molecule has 4 rings (SSSR count). The Bertz CT molecular complexity index is 738. The number of hydrogen-bond donors (Lipinski definition) is 1. The Balaban J connectivity index is 1.47. The van der Waals surface area contributed by atoms with Gasteiger partial charge in [0.15, 0.2) is 0 Å². The summed E-state index contributed by atoms with van der Waals surface area (Å²) < 4.78 is 13.5. The van der Waals surface area contributed by atoms with E-state index in [1.165, 1.54) is 18.5 Å². The maximum Gasteiger partial charge on any atom is 0.223 e. The minimum Gasteiger partial charge on any atom is -0.356 e. The number of benzene rings is 1. The van der Waals surface area contributed by atoms with Gasteiger partial charge in [-0.15, -0.1) is 0 Å². The van der Waals surface area contributed by atoms with E-state index in [0.717, 1.165) is 55.5 Å². The highest BCUT2D eigenvalue weighted by Crippen LogP contribution is 2.30. The fraction of sp³-hybridized carbons (Fsp3) is 0.471. The van der Waals surface area contributed by atoms with E-state index in [9.17, 15) is 9.18 Å². The van der Waals surface area contributed by atoms with Gasteiger partial charge in [0.25, 0.3) is 0 Å². The topological polar surface area (TPSA) is 58.1 Å². The first-order valence-corrected chi connectivity index (χ1v) is 8.16. The second-order valence-electron chi connectivity index (χ2n) is 6.40. The minimum absolute atomic E-state index is 0.206. The molecule has 120 valence electrons. The highest BCUT2D eigenvalue weighted by Gasteiger charge is 2.32. The third-order valence-corrected chi connectivity index (χ3v) is 4.67. The lowest BCUT2D eigenvalue weighted by Gasteiger charge is -2.33. The predicted octanol–water partition coefficient (Wildman–Crippen LogP) is 2.26. The number of nitrogens with one attached hydrogen (secondary N) is 1. The molecule has 1 aromatic carbocycles. The average Bonchev–Trinajstić information content (AvgIpc) is 3.40. The Morgan fingerprint density at radius 1 is 1.17 bits per heavy atom. The quantitative estimate of drug-likeness (QED) is 0.944. The van der Waals surface area contributed by atoms with Crippen molar-refractivity contribution in [1.29, 1.82) is 0 Å². The molecule has 6 heteroatoms. The molecule has 2 aliphatic rings. The molecule has 1 amide bonds. The number of carbonyl (C=O) groups is 1. The maximum atomic E-state index is 13.5. The molecular weight excluding hydrogens is 295 g/mol. The smallest absolute Gasteiger partial charge is 0.223 e. The van der Waals surface area contributed by atoms with Gasteiger partial charge in [0.1, 0.15) is 18.0 Å². The number of nitrogens with zero attached hydrogens (tertiary/aromatic N) is 3. The van der Waals surface area contributed by atoms with Crippen LogP contribution in [0.5, 0.6) is 0 Å². The fourth-order valence-electron chi connectivity index (χ4n) is 3.17. The first-order chi connectivity index (χ1) is 11.2. The molecule has 5 nitrogen and oxygen atoms in total. The number of amides is 1. The van der Waals surface area contributed by atoms with E-state index in [4.69, 9.17) is 0 Å². The Kier molecular flexibility index (Phi) is 3.59. The molecule has 0 bridgehead atoms. The molecule has 2 heterocycles. The molecule has 1 aromatic heterocycles. The van der Waals surface area contributed by atoms with E-state index in [-0.39, 0.29) is 23.7 Å². The van der Waals surface area contributed by atoms with Gasteiger partial charge in [-0.1, -0.05) is 0 Å². The van der Waals surface area contributed by atoms with Gasteiger partial charge in [-0.2, -0.15) is 0 Å². The molecule has 1 aliphatic carbocycles. The van der Waals surface area contributed by atoms with Crippen molar-refractivity contribution in [3.8, 4) is 0 Å². The van der Waals surface area contributed by atoms with Crippen LogP contribution < -0.4 is 10.2 Å². The maximum absolute atomic E-state index is 13.5. The number of aromatic nitrogens is 2. The van der Waals surface area contributed by atoms with Crippen molar-refractivity contribution in [2.45, 2.75) is 31.7 Å². The van der Waals surface area contributed by atoms with Crippen LogP contribution in [-0.2, 0) is 4.79 Å². The van der Waals surface area contributed by atoms with E-state index in [1.807, 2.05) is 0 Å². The minimum atomic E-state index is -0.278. The van der Waals surface area contributed by atoms with Gasteiger partial charge in [-0.25, -0.2) is 14.4 Å². The van der Waals surface area contributed by atoms with Gasteiger partial charge in [0.2, 0.25) is 5.91 Å². The van der Waals surface area contributed by atoms with Crippen LogP contribution in [-0.4, -0.2) is 35.0 Å². The number of rotatable bonds is 3. The van der Waals surface area contributed by atoms with Gasteiger partial charge in [0, 0.05) is 30.4 Å². The summed E-state index contributed by atoms with van der Waals surface area (Å²) in [4.78, 5) is 22.6. The van der Waals surface area contributed by atoms with Gasteiger partial charge in [-0.05, 0) is 43.9 Å². The zero-order valence-electron chi connectivity index (χ0n) is 12.8. The Labute approximate surface area is 133 Å². The zero-order valence-corrected chi connectivity index (χ0v) is 12.8. The molecule has 0 atom stereocenters. The second kappa shape index (κ2) is 5.76. The van der Waals surface area contributed by atoms with Gasteiger partial charge in [0.05, 0.1) is 5.52 Å². The molecule has 2 fully saturated rings. The molecule has 23 heavy (non-hydrogen) atoms. The summed E-state index contributed by atoms with van der Waals surface area (Å²) in [5, 5.41) is 3.88. The normalized spacial score (nSPS) is 19.1. The second-order valence-corrected chi connectivity index (χ2v) is 6.40. The van der Waals surface area contributed by atoms with Crippen molar-refractivity contribution in [2.75, 3.05) is 18.0 Å². The van der Waals surface area contributed by atoms with E-state index in [1.54, 1.807) is 6.07 Å². The van der Waals surface area contributed by atoms with Crippen molar-refractivity contribution in [3.63, 3.8) is 0 Å². The van der Waals surface area contributed by atoms with Crippen molar-refractivity contribution in [2.24, 2.45) is 5.92 Å². The Morgan fingerprint density at radius 3 is 2.70 bits per heavy atom. The number of fused-ring (bicyclic) bond motifs is 1. The lowest BCUT2D eigenvalue weighted by atomic mass is 10.0. The summed E-state index contributed by atoms with van der Waals surface area (Å²) in [7, 11) is 0. The number of halogens is 1. The molecule has 2 aromatic rings. The number of anilines is 1. The summed E-state index contributed by atoms with van der Waals surface area (Å²) in [6, 6.07) is 4.83. The summed E-state index contributed by atoms with van der Waals surface area (Å²) >= 11 is 0.